The Morgan fingerprint density at radius 1 is 1.24 bits per heavy atom. The lowest BCUT2D eigenvalue weighted by Crippen LogP contribution is -2.48. The first-order chi connectivity index (χ1) is 13.7. The molecule has 3 rings (SSSR count). The number of hydrogen-bond donors (Lipinski definition) is 3. The molecule has 0 saturated carbocycles. The second-order valence-corrected chi connectivity index (χ2v) is 6.58. The molecule has 2 unspecified atom stereocenters. The summed E-state index contributed by atoms with van der Waals surface area (Å²) in [5, 5.41) is 32.4. The van der Waals surface area contributed by atoms with Crippen LogP contribution in [0.4, 0.5) is 0 Å². The lowest BCUT2D eigenvalue weighted by Gasteiger charge is -2.42. The molecule has 0 fully saturated rings. The maximum atomic E-state index is 12.0. The number of para-hydroxylation sites is 1. The molecule has 0 saturated heterocycles. The number of rotatable bonds is 5. The number of aliphatic hydroxyl groups is 1. The van der Waals surface area contributed by atoms with Crippen molar-refractivity contribution in [3.8, 4) is 17.2 Å². The first-order valence-electron chi connectivity index (χ1n) is 8.69. The fourth-order valence-corrected chi connectivity index (χ4v) is 3.36. The van der Waals surface area contributed by atoms with Crippen molar-refractivity contribution in [1.82, 2.24) is 5.06 Å². The molecule has 2 aromatic rings. The number of Topliss-reactive ketones (excluding diaryl/α,β-unsaturated/α-hetero) is 1. The number of ketones is 1. The summed E-state index contributed by atoms with van der Waals surface area (Å²) in [5.41, 5.74) is 0.541. The summed E-state index contributed by atoms with van der Waals surface area (Å²) in [4.78, 5) is 29.0. The fourth-order valence-electron chi connectivity index (χ4n) is 3.36. The van der Waals surface area contributed by atoms with Crippen LogP contribution in [-0.2, 0) is 31.6 Å². The first-order valence-corrected chi connectivity index (χ1v) is 8.69. The van der Waals surface area contributed by atoms with Crippen molar-refractivity contribution in [2.24, 2.45) is 0 Å². The lowest BCUT2D eigenvalue weighted by atomic mass is 9.87. The van der Waals surface area contributed by atoms with E-state index in [0.29, 0.717) is 16.4 Å². The highest BCUT2D eigenvalue weighted by atomic mass is 16.8. The molecule has 3 N–H and O–H groups in total. The van der Waals surface area contributed by atoms with E-state index < -0.39 is 29.3 Å². The van der Waals surface area contributed by atoms with E-state index in [9.17, 15) is 24.9 Å². The number of amides is 1. The monoisotopic (exact) mass is 403 g/mol. The van der Waals surface area contributed by atoms with E-state index in [1.165, 1.54) is 13.2 Å². The molecule has 1 heterocycles. The SMILES string of the molecule is COc1ccccc1C1OCc2cc(O)cc(O)c2C1(O)ON(C)C(=O)C(C)=O. The van der Waals surface area contributed by atoms with E-state index in [0.717, 1.165) is 20.0 Å². The molecule has 154 valence electrons. The van der Waals surface area contributed by atoms with Gasteiger partial charge in [-0.15, -0.1) is 0 Å². The standard InChI is InChI=1S/C20H21NO8/c1-11(22)19(25)21(2)29-20(26)17-12(8-13(23)9-15(17)24)10-28-18(20)14-6-4-5-7-16(14)27-3/h4-9,18,23-24,26H,10H2,1-3H3. The number of phenolic OH excluding ortho intramolecular Hbond substituents is 2. The first kappa shape index (κ1) is 20.6. The van der Waals surface area contributed by atoms with Crippen LogP contribution in [0.25, 0.3) is 0 Å². The van der Waals surface area contributed by atoms with Crippen molar-refractivity contribution in [2.75, 3.05) is 14.2 Å². The summed E-state index contributed by atoms with van der Waals surface area (Å²) in [6.45, 7) is 0.987. The number of phenols is 2. The minimum absolute atomic E-state index is 0.0734. The van der Waals surface area contributed by atoms with Crippen LogP contribution >= 0.6 is 0 Å². The number of benzene rings is 2. The highest BCUT2D eigenvalue weighted by molar-refractivity contribution is 6.34. The average Bonchev–Trinajstić information content (AvgIpc) is 2.66. The molecule has 0 spiro atoms. The van der Waals surface area contributed by atoms with Gasteiger partial charge in [0.15, 0.2) is 0 Å². The molecule has 0 bridgehead atoms. The Bertz CT molecular complexity index is 959. The van der Waals surface area contributed by atoms with Crippen LogP contribution in [0.2, 0.25) is 0 Å². The fraction of sp³-hybridized carbons (Fsp3) is 0.300. The minimum atomic E-state index is -2.42. The predicted octanol–water partition coefficient (Wildman–Crippen LogP) is 1.50. The molecule has 9 nitrogen and oxygen atoms in total. The number of nitrogens with zero attached hydrogens (tertiary/aromatic N) is 1. The van der Waals surface area contributed by atoms with Crippen LogP contribution in [0.5, 0.6) is 17.2 Å². The number of carbonyl (C=O) groups is 2. The van der Waals surface area contributed by atoms with Crippen molar-refractivity contribution < 1.29 is 39.2 Å². The third-order valence-corrected chi connectivity index (χ3v) is 4.59. The zero-order valence-electron chi connectivity index (χ0n) is 16.1. The van der Waals surface area contributed by atoms with E-state index in [-0.39, 0.29) is 23.5 Å². The van der Waals surface area contributed by atoms with Gasteiger partial charge in [0.05, 0.1) is 19.3 Å². The Kier molecular flexibility index (Phi) is 5.47. The number of carbonyl (C=O) groups excluding carboxylic acids is 2. The molecular weight excluding hydrogens is 382 g/mol. The van der Waals surface area contributed by atoms with Crippen LogP contribution in [-0.4, -0.2) is 46.2 Å². The molecule has 29 heavy (non-hydrogen) atoms. The molecule has 0 aliphatic carbocycles. The smallest absolute Gasteiger partial charge is 0.313 e. The Balaban J connectivity index is 2.18. The van der Waals surface area contributed by atoms with Gasteiger partial charge in [-0.05, 0) is 17.7 Å². The van der Waals surface area contributed by atoms with Gasteiger partial charge >= 0.3 is 5.91 Å². The third-order valence-electron chi connectivity index (χ3n) is 4.59. The van der Waals surface area contributed by atoms with Gasteiger partial charge in [-0.2, -0.15) is 0 Å². The second-order valence-electron chi connectivity index (χ2n) is 6.58. The topological polar surface area (TPSA) is 126 Å². The number of ether oxygens (including phenoxy) is 2. The molecule has 1 aliphatic heterocycles. The number of hydrogen-bond acceptors (Lipinski definition) is 8. The molecular formula is C20H21NO8. The van der Waals surface area contributed by atoms with E-state index >= 15 is 0 Å². The number of hydroxylamine groups is 2. The molecule has 0 aromatic heterocycles. The Hall–Kier alpha value is -3.14. The highest BCUT2D eigenvalue weighted by Crippen LogP contribution is 2.51. The van der Waals surface area contributed by atoms with Crippen molar-refractivity contribution in [2.45, 2.75) is 25.4 Å². The van der Waals surface area contributed by atoms with E-state index in [1.54, 1.807) is 24.3 Å². The maximum Gasteiger partial charge on any atom is 0.313 e. The minimum Gasteiger partial charge on any atom is -0.508 e. The molecule has 0 radical (unpaired) electrons. The van der Waals surface area contributed by atoms with Crippen molar-refractivity contribution in [3.05, 3.63) is 53.1 Å². The summed E-state index contributed by atoms with van der Waals surface area (Å²) < 4.78 is 11.1. The zero-order valence-corrected chi connectivity index (χ0v) is 16.1. The van der Waals surface area contributed by atoms with Crippen LogP contribution in [0, 0.1) is 0 Å². The molecule has 9 heteroatoms. The zero-order chi connectivity index (χ0) is 21.3. The largest absolute Gasteiger partial charge is 0.508 e. The quantitative estimate of drug-likeness (QED) is 0.390. The normalized spacial score (nSPS) is 20.6. The third kappa shape index (κ3) is 3.63. The van der Waals surface area contributed by atoms with Gasteiger partial charge in [-0.3, -0.25) is 9.59 Å². The average molecular weight is 403 g/mol. The molecule has 1 amide bonds. The summed E-state index contributed by atoms with van der Waals surface area (Å²) in [6, 6.07) is 9.03. The van der Waals surface area contributed by atoms with Crippen LogP contribution < -0.4 is 4.74 Å². The second kappa shape index (κ2) is 7.70. The van der Waals surface area contributed by atoms with Crippen molar-refractivity contribution >= 4 is 11.7 Å². The molecule has 1 aliphatic rings. The van der Waals surface area contributed by atoms with E-state index in [2.05, 4.69) is 0 Å². The number of methoxy groups -OCH3 is 1. The number of likely N-dealkylation sites (N-methyl/N-ethyl adjacent to an activating group) is 1. The van der Waals surface area contributed by atoms with Gasteiger partial charge in [0.2, 0.25) is 5.78 Å². The number of fused-ring (bicyclic) bond motifs is 1. The van der Waals surface area contributed by atoms with Gasteiger partial charge in [-0.1, -0.05) is 18.2 Å². The Morgan fingerprint density at radius 2 is 1.93 bits per heavy atom. The molecule has 2 aromatic carbocycles. The highest BCUT2D eigenvalue weighted by Gasteiger charge is 2.51. The Labute approximate surface area is 166 Å². The van der Waals surface area contributed by atoms with E-state index in [4.69, 9.17) is 14.3 Å². The van der Waals surface area contributed by atoms with Crippen molar-refractivity contribution in [1.29, 1.82) is 0 Å². The number of aromatic hydroxyl groups is 2. The summed E-state index contributed by atoms with van der Waals surface area (Å²) in [6.07, 6.45) is -1.23. The van der Waals surface area contributed by atoms with Gasteiger partial charge in [0.25, 0.3) is 5.79 Å². The predicted molar refractivity (Wildman–Crippen MR) is 98.7 cm³/mol. The van der Waals surface area contributed by atoms with Crippen molar-refractivity contribution in [3.63, 3.8) is 0 Å². The summed E-state index contributed by atoms with van der Waals surface area (Å²) in [5.74, 6) is -4.56. The summed E-state index contributed by atoms with van der Waals surface area (Å²) >= 11 is 0. The van der Waals surface area contributed by atoms with Gasteiger partial charge in [0.1, 0.15) is 23.4 Å². The van der Waals surface area contributed by atoms with Gasteiger partial charge in [0, 0.05) is 25.6 Å². The Morgan fingerprint density at radius 3 is 2.59 bits per heavy atom. The van der Waals surface area contributed by atoms with Gasteiger partial charge in [-0.25, -0.2) is 9.90 Å². The van der Waals surface area contributed by atoms with Crippen LogP contribution in [0.3, 0.4) is 0 Å². The molecule has 2 atom stereocenters. The maximum absolute atomic E-state index is 12.0. The lowest BCUT2D eigenvalue weighted by molar-refractivity contribution is -0.365. The van der Waals surface area contributed by atoms with Gasteiger partial charge < -0.3 is 24.8 Å². The van der Waals surface area contributed by atoms with E-state index in [1.807, 2.05) is 0 Å². The summed E-state index contributed by atoms with van der Waals surface area (Å²) in [7, 11) is 2.60. The van der Waals surface area contributed by atoms with Crippen LogP contribution in [0.15, 0.2) is 36.4 Å². The van der Waals surface area contributed by atoms with Crippen LogP contribution in [0.1, 0.15) is 29.7 Å².